The van der Waals surface area contributed by atoms with Crippen LogP contribution in [0.2, 0.25) is 0 Å². The number of nitrogens with zero attached hydrogens (tertiary/aromatic N) is 1. The molecule has 1 aliphatic heterocycles. The van der Waals surface area contributed by atoms with Gasteiger partial charge in [0.05, 0.1) is 11.3 Å². The van der Waals surface area contributed by atoms with Gasteiger partial charge in [0.1, 0.15) is 6.54 Å². The molecule has 0 saturated carbocycles. The van der Waals surface area contributed by atoms with E-state index in [0.717, 1.165) is 0 Å². The Morgan fingerprint density at radius 3 is 2.63 bits per heavy atom. The Labute approximate surface area is 107 Å². The van der Waals surface area contributed by atoms with Crippen LogP contribution in [0.25, 0.3) is 0 Å². The highest BCUT2D eigenvalue weighted by atomic mass is 19.4. The second-order valence-electron chi connectivity index (χ2n) is 4.18. The van der Waals surface area contributed by atoms with Crippen molar-refractivity contribution in [2.24, 2.45) is 0 Å². The Morgan fingerprint density at radius 1 is 1.37 bits per heavy atom. The fraction of sp³-hybridized carbons (Fsp3) is 0.231. The van der Waals surface area contributed by atoms with Crippen LogP contribution in [-0.4, -0.2) is 24.3 Å². The summed E-state index contributed by atoms with van der Waals surface area (Å²) >= 11 is 0. The van der Waals surface area contributed by atoms with Gasteiger partial charge in [0.15, 0.2) is 5.84 Å². The molecule has 0 unspecified atom stereocenters. The maximum Gasteiger partial charge on any atom is 0.406 e. The molecule has 2 rings (SSSR count). The Bertz CT molecular complexity index is 563. The van der Waals surface area contributed by atoms with Gasteiger partial charge in [-0.15, -0.1) is 6.58 Å². The van der Waals surface area contributed by atoms with Crippen LogP contribution in [0.3, 0.4) is 0 Å². The van der Waals surface area contributed by atoms with Gasteiger partial charge < -0.3 is 4.90 Å². The van der Waals surface area contributed by atoms with E-state index in [0.29, 0.717) is 16.9 Å². The first-order valence-electron chi connectivity index (χ1n) is 5.55. The lowest BCUT2D eigenvalue weighted by Crippen LogP contribution is -2.37. The molecule has 1 N–H and O–H groups in total. The molecule has 0 bridgehead atoms. The van der Waals surface area contributed by atoms with Crippen LogP contribution in [0.1, 0.15) is 15.9 Å². The summed E-state index contributed by atoms with van der Waals surface area (Å²) in [5.74, 6) is -1.31. The van der Waals surface area contributed by atoms with Gasteiger partial charge in [-0.05, 0) is 18.1 Å². The molecule has 100 valence electrons. The molecule has 0 fully saturated rings. The van der Waals surface area contributed by atoms with Gasteiger partial charge in [-0.1, -0.05) is 18.2 Å². The molecule has 1 aliphatic rings. The summed E-state index contributed by atoms with van der Waals surface area (Å²) in [5, 5.41) is 7.56. The van der Waals surface area contributed by atoms with Crippen molar-refractivity contribution < 1.29 is 18.0 Å². The SMILES string of the molecule is C=CCc1cccc2c1C(=O)C(=N)N2CC(F)(F)F. The second kappa shape index (κ2) is 4.53. The van der Waals surface area contributed by atoms with Crippen LogP contribution < -0.4 is 4.90 Å². The number of carbonyl (C=O) groups excluding carboxylic acids is 1. The number of fused-ring (bicyclic) bond motifs is 1. The zero-order valence-corrected chi connectivity index (χ0v) is 9.92. The zero-order valence-electron chi connectivity index (χ0n) is 9.92. The predicted molar refractivity (Wildman–Crippen MR) is 65.8 cm³/mol. The number of nitrogens with one attached hydrogen (secondary N) is 1. The van der Waals surface area contributed by atoms with Crippen molar-refractivity contribution in [3.8, 4) is 0 Å². The van der Waals surface area contributed by atoms with Crippen LogP contribution >= 0.6 is 0 Å². The highest BCUT2D eigenvalue weighted by molar-refractivity contribution is 6.53. The number of anilines is 1. The molecule has 1 aromatic carbocycles. The average Bonchev–Trinajstić information content (AvgIpc) is 2.54. The fourth-order valence-electron chi connectivity index (χ4n) is 2.10. The van der Waals surface area contributed by atoms with E-state index in [-0.39, 0.29) is 11.3 Å². The van der Waals surface area contributed by atoms with Crippen molar-refractivity contribution in [1.29, 1.82) is 5.41 Å². The summed E-state index contributed by atoms with van der Waals surface area (Å²) < 4.78 is 37.5. The van der Waals surface area contributed by atoms with Crippen LogP contribution in [0.15, 0.2) is 30.9 Å². The number of hydrogen-bond acceptors (Lipinski definition) is 2. The van der Waals surface area contributed by atoms with Gasteiger partial charge >= 0.3 is 6.18 Å². The lowest BCUT2D eigenvalue weighted by Gasteiger charge is -2.20. The summed E-state index contributed by atoms with van der Waals surface area (Å²) in [7, 11) is 0. The number of benzene rings is 1. The number of rotatable bonds is 3. The van der Waals surface area contributed by atoms with Crippen LogP contribution in [0.4, 0.5) is 18.9 Å². The lowest BCUT2D eigenvalue weighted by atomic mass is 10.0. The number of carbonyl (C=O) groups is 1. The Hall–Kier alpha value is -2.11. The van der Waals surface area contributed by atoms with E-state index in [4.69, 9.17) is 5.41 Å². The van der Waals surface area contributed by atoms with Crippen molar-refractivity contribution in [2.75, 3.05) is 11.4 Å². The van der Waals surface area contributed by atoms with Crippen molar-refractivity contribution in [3.63, 3.8) is 0 Å². The molecule has 1 heterocycles. The van der Waals surface area contributed by atoms with Gasteiger partial charge in [-0.25, -0.2) is 0 Å². The molecule has 1 aromatic rings. The third-order valence-electron chi connectivity index (χ3n) is 2.83. The van der Waals surface area contributed by atoms with E-state index in [1.54, 1.807) is 18.2 Å². The molecular weight excluding hydrogens is 257 g/mol. The summed E-state index contributed by atoms with van der Waals surface area (Å²) in [6, 6.07) is 4.66. The normalized spacial score (nSPS) is 14.8. The largest absolute Gasteiger partial charge is 0.406 e. The number of Topliss-reactive ketones (excluding diaryl/α,β-unsaturated/α-hetero) is 1. The van der Waals surface area contributed by atoms with E-state index in [1.165, 1.54) is 6.07 Å². The van der Waals surface area contributed by atoms with Gasteiger partial charge in [-0.3, -0.25) is 10.2 Å². The van der Waals surface area contributed by atoms with Gasteiger partial charge in [0.25, 0.3) is 0 Å². The number of alkyl halides is 3. The van der Waals surface area contributed by atoms with E-state index >= 15 is 0 Å². The topological polar surface area (TPSA) is 44.2 Å². The number of allylic oxidation sites excluding steroid dienone is 1. The number of ketones is 1. The van der Waals surface area contributed by atoms with Crippen LogP contribution in [0, 0.1) is 5.41 Å². The second-order valence-corrected chi connectivity index (χ2v) is 4.18. The minimum Gasteiger partial charge on any atom is -0.314 e. The monoisotopic (exact) mass is 268 g/mol. The van der Waals surface area contributed by atoms with Gasteiger partial charge in [0.2, 0.25) is 5.78 Å². The minimum absolute atomic E-state index is 0.145. The molecule has 0 aromatic heterocycles. The van der Waals surface area contributed by atoms with Crippen LogP contribution in [0.5, 0.6) is 0 Å². The minimum atomic E-state index is -4.47. The van der Waals surface area contributed by atoms with E-state index < -0.39 is 24.3 Å². The summed E-state index contributed by atoms with van der Waals surface area (Å²) in [6.45, 7) is 2.21. The average molecular weight is 268 g/mol. The molecule has 0 saturated heterocycles. The standard InChI is InChI=1S/C13H11F3N2O/c1-2-4-8-5-3-6-9-10(8)11(19)12(17)18(9)7-13(14,15)16/h2-3,5-6,17H,1,4,7H2. The molecule has 3 nitrogen and oxygen atoms in total. The van der Waals surface area contributed by atoms with Crippen molar-refractivity contribution in [2.45, 2.75) is 12.6 Å². The van der Waals surface area contributed by atoms with Crippen molar-refractivity contribution >= 4 is 17.3 Å². The molecule has 0 atom stereocenters. The summed E-state index contributed by atoms with van der Waals surface area (Å²) in [5.41, 5.74) is 0.912. The molecule has 0 aliphatic carbocycles. The third kappa shape index (κ3) is 2.38. The van der Waals surface area contributed by atoms with E-state index in [1.807, 2.05) is 0 Å². The summed E-state index contributed by atoms with van der Waals surface area (Å²) in [4.78, 5) is 12.6. The van der Waals surface area contributed by atoms with Crippen molar-refractivity contribution in [3.05, 3.63) is 42.0 Å². The van der Waals surface area contributed by atoms with Gasteiger partial charge in [0, 0.05) is 0 Å². The number of amidine groups is 1. The molecule has 0 amide bonds. The third-order valence-corrected chi connectivity index (χ3v) is 2.83. The highest BCUT2D eigenvalue weighted by Crippen LogP contribution is 2.34. The van der Waals surface area contributed by atoms with Crippen LogP contribution in [-0.2, 0) is 6.42 Å². The Kier molecular flexibility index (Phi) is 3.18. The first-order chi connectivity index (χ1) is 8.85. The van der Waals surface area contributed by atoms with Gasteiger partial charge in [-0.2, -0.15) is 13.2 Å². The maximum atomic E-state index is 12.5. The zero-order chi connectivity index (χ0) is 14.2. The molecule has 0 spiro atoms. The quantitative estimate of drug-likeness (QED) is 0.856. The van der Waals surface area contributed by atoms with E-state index in [9.17, 15) is 18.0 Å². The molecular formula is C13H11F3N2O. The first-order valence-corrected chi connectivity index (χ1v) is 5.55. The summed E-state index contributed by atoms with van der Waals surface area (Å²) in [6.07, 6.45) is -2.52. The highest BCUT2D eigenvalue weighted by Gasteiger charge is 2.40. The molecule has 19 heavy (non-hydrogen) atoms. The lowest BCUT2D eigenvalue weighted by molar-refractivity contribution is -0.117. The molecule has 6 heteroatoms. The predicted octanol–water partition coefficient (Wildman–Crippen LogP) is 2.96. The number of hydrogen-bond donors (Lipinski definition) is 1. The fourth-order valence-corrected chi connectivity index (χ4v) is 2.10. The Morgan fingerprint density at radius 2 is 2.05 bits per heavy atom. The number of halogens is 3. The smallest absolute Gasteiger partial charge is 0.314 e. The van der Waals surface area contributed by atoms with Crippen molar-refractivity contribution in [1.82, 2.24) is 0 Å². The molecule has 0 radical (unpaired) electrons. The van der Waals surface area contributed by atoms with E-state index in [2.05, 4.69) is 6.58 Å². The first kappa shape index (κ1) is 13.3. The maximum absolute atomic E-state index is 12.5. The Balaban J connectivity index is 2.50.